The molecule has 144 valence electrons. The van der Waals surface area contributed by atoms with Gasteiger partial charge in [-0.2, -0.15) is 0 Å². The molecule has 7 heteroatoms. The van der Waals surface area contributed by atoms with Crippen LogP contribution in [0.2, 0.25) is 0 Å². The summed E-state index contributed by atoms with van der Waals surface area (Å²) in [7, 11) is -3.36. The van der Waals surface area contributed by atoms with E-state index in [4.69, 9.17) is 0 Å². The summed E-state index contributed by atoms with van der Waals surface area (Å²) in [5.74, 6) is -0.779. The van der Waals surface area contributed by atoms with Crippen molar-refractivity contribution in [3.8, 4) is 0 Å². The maximum atomic E-state index is 13.0. The largest absolute Gasteiger partial charge is 0.326 e. The van der Waals surface area contributed by atoms with Gasteiger partial charge in [-0.3, -0.25) is 9.10 Å². The number of carbonyl (C=O) groups is 1. The fourth-order valence-electron chi connectivity index (χ4n) is 3.30. The molecule has 5 nitrogen and oxygen atoms in total. The van der Waals surface area contributed by atoms with Gasteiger partial charge in [0.1, 0.15) is 5.82 Å². The third-order valence-corrected chi connectivity index (χ3v) is 5.91. The van der Waals surface area contributed by atoms with E-state index < -0.39 is 10.0 Å². The van der Waals surface area contributed by atoms with E-state index in [-0.39, 0.29) is 17.6 Å². The lowest BCUT2D eigenvalue weighted by Gasteiger charge is -2.29. The summed E-state index contributed by atoms with van der Waals surface area (Å²) >= 11 is 0. The molecule has 2 aromatic carbocycles. The molecule has 1 N–H and O–H groups in total. The number of nitrogens with zero attached hydrogens (tertiary/aromatic N) is 1. The van der Waals surface area contributed by atoms with Gasteiger partial charge in [0.2, 0.25) is 15.9 Å². The minimum atomic E-state index is -3.36. The lowest BCUT2D eigenvalue weighted by molar-refractivity contribution is -0.119. The molecule has 1 heterocycles. The Balaban J connectivity index is 1.73. The van der Waals surface area contributed by atoms with Crippen molar-refractivity contribution in [3.63, 3.8) is 0 Å². The predicted molar refractivity (Wildman–Crippen MR) is 105 cm³/mol. The van der Waals surface area contributed by atoms with Gasteiger partial charge >= 0.3 is 0 Å². The first-order valence-corrected chi connectivity index (χ1v) is 10.7. The predicted octanol–water partition coefficient (Wildman–Crippen LogP) is 3.36. The van der Waals surface area contributed by atoms with Gasteiger partial charge in [0.25, 0.3) is 0 Å². The van der Waals surface area contributed by atoms with Crippen molar-refractivity contribution >= 4 is 27.3 Å². The number of carbonyl (C=O) groups excluding carboxylic acids is 1. The Bertz CT molecular complexity index is 942. The van der Waals surface area contributed by atoms with E-state index in [1.165, 1.54) is 22.7 Å². The maximum absolute atomic E-state index is 13.0. The second-order valence-corrected chi connectivity index (χ2v) is 8.91. The van der Waals surface area contributed by atoms with Gasteiger partial charge in [-0.25, -0.2) is 12.8 Å². The lowest BCUT2D eigenvalue weighted by Crippen LogP contribution is -2.34. The van der Waals surface area contributed by atoms with Crippen LogP contribution in [0.3, 0.4) is 0 Å². The highest BCUT2D eigenvalue weighted by Gasteiger charge is 2.24. The Morgan fingerprint density at radius 1 is 1.22 bits per heavy atom. The molecule has 1 atom stereocenters. The molecule has 27 heavy (non-hydrogen) atoms. The van der Waals surface area contributed by atoms with Crippen LogP contribution in [0.15, 0.2) is 42.5 Å². The second-order valence-electron chi connectivity index (χ2n) is 7.00. The monoisotopic (exact) mass is 390 g/mol. The van der Waals surface area contributed by atoms with Crippen molar-refractivity contribution in [2.75, 3.05) is 22.4 Å². The third-order valence-electron chi connectivity index (χ3n) is 4.73. The fraction of sp³-hybridized carbons (Fsp3) is 0.350. The van der Waals surface area contributed by atoms with E-state index in [0.717, 1.165) is 24.0 Å². The van der Waals surface area contributed by atoms with Crippen LogP contribution in [0.25, 0.3) is 0 Å². The molecule has 1 amide bonds. The molecule has 0 saturated carbocycles. The Labute approximate surface area is 159 Å². The van der Waals surface area contributed by atoms with Crippen LogP contribution in [0.5, 0.6) is 0 Å². The van der Waals surface area contributed by atoms with Crippen LogP contribution in [0, 0.1) is 11.7 Å². The molecular formula is C20H23FN2O3S. The Morgan fingerprint density at radius 2 is 1.93 bits per heavy atom. The smallest absolute Gasteiger partial charge is 0.232 e. The first kappa shape index (κ1) is 19.4. The zero-order valence-electron chi connectivity index (χ0n) is 15.4. The molecule has 0 fully saturated rings. The number of anilines is 2. The van der Waals surface area contributed by atoms with E-state index in [1.54, 1.807) is 31.2 Å². The van der Waals surface area contributed by atoms with E-state index >= 15 is 0 Å². The van der Waals surface area contributed by atoms with Gasteiger partial charge in [0, 0.05) is 18.2 Å². The van der Waals surface area contributed by atoms with Crippen LogP contribution in [-0.4, -0.2) is 27.1 Å². The van der Waals surface area contributed by atoms with Gasteiger partial charge in [0.05, 0.1) is 11.9 Å². The number of benzene rings is 2. The molecule has 0 radical (unpaired) electrons. The number of halogens is 1. The van der Waals surface area contributed by atoms with Gasteiger partial charge in [-0.1, -0.05) is 25.1 Å². The van der Waals surface area contributed by atoms with Crippen LogP contribution < -0.4 is 9.62 Å². The first-order valence-electron chi connectivity index (χ1n) is 8.90. The van der Waals surface area contributed by atoms with Crippen LogP contribution in [-0.2, 0) is 27.7 Å². The number of hydrogen-bond donors (Lipinski definition) is 1. The van der Waals surface area contributed by atoms with Crippen molar-refractivity contribution in [1.82, 2.24) is 0 Å². The molecule has 1 aliphatic heterocycles. The highest BCUT2D eigenvalue weighted by molar-refractivity contribution is 7.92. The molecule has 0 aliphatic carbocycles. The summed E-state index contributed by atoms with van der Waals surface area (Å²) in [5, 5.41) is 2.86. The highest BCUT2D eigenvalue weighted by atomic mass is 32.2. The minimum absolute atomic E-state index is 0.166. The van der Waals surface area contributed by atoms with Gasteiger partial charge < -0.3 is 5.32 Å². The Morgan fingerprint density at radius 3 is 2.59 bits per heavy atom. The van der Waals surface area contributed by atoms with Gasteiger partial charge in [-0.05, 0) is 54.7 Å². The SMILES string of the molecule is CC(Cc1ccc(F)cc1)C(=O)Nc1ccc2c(c1)N(S(C)(=O)=O)CCC2. The molecular weight excluding hydrogens is 367 g/mol. The van der Waals surface area contributed by atoms with Gasteiger partial charge in [0.15, 0.2) is 0 Å². The van der Waals surface area contributed by atoms with Crippen molar-refractivity contribution in [3.05, 3.63) is 59.4 Å². The quantitative estimate of drug-likeness (QED) is 0.851. The minimum Gasteiger partial charge on any atom is -0.326 e. The number of sulfonamides is 1. The zero-order chi connectivity index (χ0) is 19.6. The fourth-order valence-corrected chi connectivity index (χ4v) is 4.28. The molecule has 0 spiro atoms. The summed E-state index contributed by atoms with van der Waals surface area (Å²) in [5.41, 5.74) is 3.05. The highest BCUT2D eigenvalue weighted by Crippen LogP contribution is 2.31. The Hall–Kier alpha value is -2.41. The van der Waals surface area contributed by atoms with Crippen LogP contribution in [0.4, 0.5) is 15.8 Å². The van der Waals surface area contributed by atoms with Crippen molar-refractivity contribution < 1.29 is 17.6 Å². The lowest BCUT2D eigenvalue weighted by atomic mass is 9.99. The molecule has 0 bridgehead atoms. The number of aryl methyl sites for hydroxylation is 1. The van der Waals surface area contributed by atoms with E-state index in [9.17, 15) is 17.6 Å². The molecule has 2 aromatic rings. The summed E-state index contributed by atoms with van der Waals surface area (Å²) in [6, 6.07) is 11.5. The van der Waals surface area contributed by atoms with Crippen molar-refractivity contribution in [1.29, 1.82) is 0 Å². The maximum Gasteiger partial charge on any atom is 0.232 e. The van der Waals surface area contributed by atoms with Crippen molar-refractivity contribution in [2.45, 2.75) is 26.2 Å². The summed E-state index contributed by atoms with van der Waals surface area (Å²) in [6.45, 7) is 2.25. The van der Waals surface area contributed by atoms with E-state index in [1.807, 2.05) is 6.07 Å². The molecule has 0 saturated heterocycles. The average molecular weight is 390 g/mol. The van der Waals surface area contributed by atoms with Crippen LogP contribution >= 0.6 is 0 Å². The Kier molecular flexibility index (Phi) is 5.51. The van der Waals surface area contributed by atoms with E-state index in [2.05, 4.69) is 5.32 Å². The summed E-state index contributed by atoms with van der Waals surface area (Å²) < 4.78 is 38.4. The third kappa shape index (κ3) is 4.66. The normalized spacial score (nSPS) is 15.1. The zero-order valence-corrected chi connectivity index (χ0v) is 16.2. The first-order chi connectivity index (χ1) is 12.7. The number of fused-ring (bicyclic) bond motifs is 1. The second kappa shape index (κ2) is 7.68. The number of amides is 1. The molecule has 1 aliphatic rings. The number of hydrogen-bond acceptors (Lipinski definition) is 3. The number of nitrogens with one attached hydrogen (secondary N) is 1. The van der Waals surface area contributed by atoms with Crippen LogP contribution in [0.1, 0.15) is 24.5 Å². The summed E-state index contributed by atoms with van der Waals surface area (Å²) in [4.78, 5) is 12.5. The standard InChI is InChI=1S/C20H23FN2O3S/c1-14(12-15-5-8-17(21)9-6-15)20(24)22-18-10-7-16-4-3-11-23(19(16)13-18)27(2,25)26/h5-10,13-14H,3-4,11-12H2,1-2H3,(H,22,24). The number of rotatable bonds is 5. The van der Waals surface area contributed by atoms with Crippen molar-refractivity contribution in [2.24, 2.45) is 5.92 Å². The summed E-state index contributed by atoms with van der Waals surface area (Å²) in [6.07, 6.45) is 3.28. The van der Waals surface area contributed by atoms with Gasteiger partial charge in [-0.15, -0.1) is 0 Å². The molecule has 0 aromatic heterocycles. The van der Waals surface area contributed by atoms with E-state index in [0.29, 0.717) is 24.3 Å². The molecule has 1 unspecified atom stereocenters. The molecule has 3 rings (SSSR count). The topological polar surface area (TPSA) is 66.5 Å². The average Bonchev–Trinajstić information content (AvgIpc) is 2.62.